The maximum absolute atomic E-state index is 11.4. The minimum absolute atomic E-state index is 0.144. The highest BCUT2D eigenvalue weighted by molar-refractivity contribution is 6.04. The molecule has 15 heavy (non-hydrogen) atoms. The van der Waals surface area contributed by atoms with Crippen LogP contribution in [0.5, 0.6) is 0 Å². The Labute approximate surface area is 86.8 Å². The Balaban J connectivity index is 2.67. The molecule has 0 spiro atoms. The zero-order valence-corrected chi connectivity index (χ0v) is 8.81. The van der Waals surface area contributed by atoms with Crippen LogP contribution in [0.3, 0.4) is 0 Å². The molecule has 0 aromatic carbocycles. The predicted molar refractivity (Wildman–Crippen MR) is 49.1 cm³/mol. The maximum Gasteiger partial charge on any atom is 0.417 e. The average molecular weight is 215 g/mol. The first-order chi connectivity index (χ1) is 6.72. The molecule has 1 unspecified atom stereocenters. The molecule has 84 valence electrons. The van der Waals surface area contributed by atoms with E-state index in [2.05, 4.69) is 0 Å². The second-order valence-electron chi connectivity index (χ2n) is 4.30. The van der Waals surface area contributed by atoms with Crippen LogP contribution in [0.25, 0.3) is 0 Å². The van der Waals surface area contributed by atoms with Crippen molar-refractivity contribution >= 4 is 18.0 Å². The summed E-state index contributed by atoms with van der Waals surface area (Å²) in [5, 5.41) is 8.67. The van der Waals surface area contributed by atoms with Gasteiger partial charge in [0.15, 0.2) is 0 Å². The maximum atomic E-state index is 11.4. The first-order valence-corrected chi connectivity index (χ1v) is 4.50. The number of likely N-dealkylation sites (tertiary alicyclic amines) is 1. The smallest absolute Gasteiger partial charge is 0.417 e. The van der Waals surface area contributed by atoms with Crippen molar-refractivity contribution in [2.45, 2.75) is 38.8 Å². The lowest BCUT2D eigenvalue weighted by atomic mass is 10.0. The predicted octanol–water partition coefficient (Wildman–Crippen LogP) is 0.607. The number of β-lactam (4-membered cyclic amide) rings is 1. The fourth-order valence-electron chi connectivity index (χ4n) is 1.15. The number of amides is 2. The number of carboxylic acid groups (broad SMARTS) is 1. The number of carbonyl (C=O) groups excluding carboxylic acids is 2. The van der Waals surface area contributed by atoms with Gasteiger partial charge in [-0.2, -0.15) is 0 Å². The molecule has 6 nitrogen and oxygen atoms in total. The second-order valence-corrected chi connectivity index (χ2v) is 4.30. The van der Waals surface area contributed by atoms with E-state index < -0.39 is 29.6 Å². The topological polar surface area (TPSA) is 83.9 Å². The lowest BCUT2D eigenvalue weighted by Crippen LogP contribution is -2.60. The van der Waals surface area contributed by atoms with Crippen molar-refractivity contribution in [3.05, 3.63) is 0 Å². The number of carbonyl (C=O) groups is 3. The number of hydrogen-bond acceptors (Lipinski definition) is 4. The average Bonchev–Trinajstić information content (AvgIpc) is 1.94. The van der Waals surface area contributed by atoms with Crippen LogP contribution in [0.4, 0.5) is 4.79 Å². The highest BCUT2D eigenvalue weighted by atomic mass is 16.6. The second kappa shape index (κ2) is 3.52. The van der Waals surface area contributed by atoms with Crippen LogP contribution in [0.1, 0.15) is 27.2 Å². The summed E-state index contributed by atoms with van der Waals surface area (Å²) in [6, 6.07) is -1.08. The number of carboxylic acids is 1. The van der Waals surface area contributed by atoms with E-state index in [4.69, 9.17) is 9.84 Å². The summed E-state index contributed by atoms with van der Waals surface area (Å²) in [5.41, 5.74) is -0.740. The molecule has 0 bridgehead atoms. The molecular formula is C9H13NO5. The van der Waals surface area contributed by atoms with E-state index in [-0.39, 0.29) is 6.42 Å². The van der Waals surface area contributed by atoms with Crippen molar-refractivity contribution in [2.75, 3.05) is 0 Å². The van der Waals surface area contributed by atoms with Crippen LogP contribution >= 0.6 is 0 Å². The summed E-state index contributed by atoms with van der Waals surface area (Å²) < 4.78 is 4.90. The SMILES string of the molecule is CC(C)(C)OC(=O)N1C(=O)CC1C(=O)O. The van der Waals surface area contributed by atoms with Gasteiger partial charge in [0.2, 0.25) is 5.91 Å². The molecule has 2 amide bonds. The van der Waals surface area contributed by atoms with Gasteiger partial charge in [-0.25, -0.2) is 14.5 Å². The van der Waals surface area contributed by atoms with Gasteiger partial charge in [-0.1, -0.05) is 0 Å². The van der Waals surface area contributed by atoms with Crippen LogP contribution in [0.15, 0.2) is 0 Å². The Bertz CT molecular complexity index is 317. The molecule has 1 atom stereocenters. The van der Waals surface area contributed by atoms with Gasteiger partial charge >= 0.3 is 12.1 Å². The molecule has 1 aliphatic heterocycles. The Kier molecular flexibility index (Phi) is 2.70. The molecule has 1 heterocycles. The molecule has 0 aliphatic carbocycles. The molecule has 0 radical (unpaired) electrons. The lowest BCUT2D eigenvalue weighted by molar-refractivity contribution is -0.160. The van der Waals surface area contributed by atoms with Crippen molar-refractivity contribution in [3.8, 4) is 0 Å². The van der Waals surface area contributed by atoms with E-state index in [0.717, 1.165) is 0 Å². The van der Waals surface area contributed by atoms with Gasteiger partial charge < -0.3 is 9.84 Å². The van der Waals surface area contributed by atoms with Crippen molar-refractivity contribution in [1.82, 2.24) is 4.90 Å². The Morgan fingerprint density at radius 3 is 2.33 bits per heavy atom. The summed E-state index contributed by atoms with van der Waals surface area (Å²) in [7, 11) is 0. The van der Waals surface area contributed by atoms with Crippen LogP contribution in [0.2, 0.25) is 0 Å². The molecule has 1 N–H and O–H groups in total. The van der Waals surface area contributed by atoms with E-state index in [0.29, 0.717) is 4.90 Å². The highest BCUT2D eigenvalue weighted by Gasteiger charge is 2.47. The van der Waals surface area contributed by atoms with Gasteiger partial charge in [-0.05, 0) is 20.8 Å². The Morgan fingerprint density at radius 1 is 1.47 bits per heavy atom. The normalized spacial score (nSPS) is 20.9. The lowest BCUT2D eigenvalue weighted by Gasteiger charge is -2.36. The van der Waals surface area contributed by atoms with Crippen molar-refractivity contribution in [3.63, 3.8) is 0 Å². The largest absolute Gasteiger partial charge is 0.480 e. The summed E-state index contributed by atoms with van der Waals surface area (Å²) in [6.45, 7) is 4.93. The molecule has 1 rings (SSSR count). The first-order valence-electron chi connectivity index (χ1n) is 4.50. The number of ether oxygens (including phenoxy) is 1. The summed E-state index contributed by atoms with van der Waals surface area (Å²) in [4.78, 5) is 33.7. The molecular weight excluding hydrogens is 202 g/mol. The Morgan fingerprint density at radius 2 is 2.00 bits per heavy atom. The molecule has 0 saturated carbocycles. The molecule has 0 aromatic rings. The third kappa shape index (κ3) is 2.45. The molecule has 6 heteroatoms. The summed E-state index contributed by atoms with van der Waals surface area (Å²) in [6.07, 6.45) is -1.04. The molecule has 0 aromatic heterocycles. The van der Waals surface area contributed by atoms with Gasteiger partial charge in [0, 0.05) is 0 Å². The van der Waals surface area contributed by atoms with Gasteiger partial charge in [0.1, 0.15) is 11.6 Å². The van der Waals surface area contributed by atoms with Crippen molar-refractivity contribution in [1.29, 1.82) is 0 Å². The van der Waals surface area contributed by atoms with Gasteiger partial charge in [0.05, 0.1) is 6.42 Å². The Hall–Kier alpha value is -1.59. The number of aliphatic carboxylic acids is 1. The van der Waals surface area contributed by atoms with E-state index in [9.17, 15) is 14.4 Å². The van der Waals surface area contributed by atoms with Gasteiger partial charge in [-0.15, -0.1) is 0 Å². The fourth-order valence-corrected chi connectivity index (χ4v) is 1.15. The minimum atomic E-state index is -1.19. The van der Waals surface area contributed by atoms with Crippen LogP contribution < -0.4 is 0 Å². The zero-order chi connectivity index (χ0) is 11.8. The van der Waals surface area contributed by atoms with Crippen LogP contribution in [-0.4, -0.2) is 39.6 Å². The minimum Gasteiger partial charge on any atom is -0.480 e. The number of rotatable bonds is 1. The van der Waals surface area contributed by atoms with Gasteiger partial charge in [0.25, 0.3) is 0 Å². The van der Waals surface area contributed by atoms with E-state index in [1.807, 2.05) is 0 Å². The number of imide groups is 1. The number of hydrogen-bond donors (Lipinski definition) is 1. The van der Waals surface area contributed by atoms with E-state index in [1.165, 1.54) is 0 Å². The molecule has 1 aliphatic rings. The van der Waals surface area contributed by atoms with Crippen LogP contribution in [0, 0.1) is 0 Å². The third-order valence-electron chi connectivity index (χ3n) is 1.82. The zero-order valence-electron chi connectivity index (χ0n) is 8.81. The van der Waals surface area contributed by atoms with E-state index in [1.54, 1.807) is 20.8 Å². The summed E-state index contributed by atoms with van der Waals surface area (Å²) in [5.74, 6) is -1.71. The number of nitrogens with zero attached hydrogens (tertiary/aromatic N) is 1. The van der Waals surface area contributed by atoms with Crippen LogP contribution in [-0.2, 0) is 14.3 Å². The highest BCUT2D eigenvalue weighted by Crippen LogP contribution is 2.22. The van der Waals surface area contributed by atoms with Gasteiger partial charge in [-0.3, -0.25) is 4.79 Å². The van der Waals surface area contributed by atoms with Crippen molar-refractivity contribution < 1.29 is 24.2 Å². The molecule has 1 fully saturated rings. The van der Waals surface area contributed by atoms with Crippen molar-refractivity contribution in [2.24, 2.45) is 0 Å². The first kappa shape index (κ1) is 11.5. The third-order valence-corrected chi connectivity index (χ3v) is 1.82. The fraction of sp³-hybridized carbons (Fsp3) is 0.667. The van der Waals surface area contributed by atoms with E-state index >= 15 is 0 Å². The quantitative estimate of drug-likeness (QED) is 0.648. The monoisotopic (exact) mass is 215 g/mol. The standard InChI is InChI=1S/C9H13NO5/c1-9(2,3)15-8(14)10-5(7(12)13)4-6(10)11/h5H,4H2,1-3H3,(H,12,13). The molecule has 1 saturated heterocycles. The summed E-state index contributed by atoms with van der Waals surface area (Å²) >= 11 is 0.